The highest BCUT2D eigenvalue weighted by atomic mass is 32.1. The molecule has 3 N–H and O–H groups in total. The van der Waals surface area contributed by atoms with Crippen LogP contribution in [0.3, 0.4) is 0 Å². The molecule has 46 heavy (non-hydrogen) atoms. The number of para-hydroxylation sites is 1. The number of thiophene rings is 1. The lowest BCUT2D eigenvalue weighted by Gasteiger charge is -2.34. The van der Waals surface area contributed by atoms with Crippen LogP contribution in [-0.4, -0.2) is 59.9 Å². The number of amides is 3. The van der Waals surface area contributed by atoms with Gasteiger partial charge in [-0.15, -0.1) is 11.3 Å². The molecule has 6 rings (SSSR count). The number of nitrogens with zero attached hydrogens (tertiary/aromatic N) is 2. The summed E-state index contributed by atoms with van der Waals surface area (Å²) < 4.78 is 13.5. The number of nitrogens with one attached hydrogen (secondary N) is 3. The van der Waals surface area contributed by atoms with Gasteiger partial charge in [0.2, 0.25) is 5.91 Å². The first kappa shape index (κ1) is 31.5. The SMILES string of the molecule is CC(c1c[nH]c2ccccc12)C(NC(=O)N1CCC(c2ccc(F)cc2)CC1)C(=O)Nc1cc(CN(C)C)ccc1-c1cccs1. The van der Waals surface area contributed by atoms with Crippen LogP contribution in [0, 0.1) is 5.82 Å². The normalized spacial score (nSPS) is 15.2. The molecule has 1 saturated heterocycles. The van der Waals surface area contributed by atoms with E-state index in [2.05, 4.69) is 32.7 Å². The van der Waals surface area contributed by atoms with Gasteiger partial charge in [-0.25, -0.2) is 9.18 Å². The second-order valence-electron chi connectivity index (χ2n) is 12.4. The molecule has 0 radical (unpaired) electrons. The first-order valence-corrected chi connectivity index (χ1v) is 16.6. The number of piperidine rings is 1. The van der Waals surface area contributed by atoms with Crippen LogP contribution in [0.15, 0.2) is 90.4 Å². The molecule has 2 atom stereocenters. The van der Waals surface area contributed by atoms with Crippen LogP contribution < -0.4 is 10.6 Å². The van der Waals surface area contributed by atoms with Crippen LogP contribution >= 0.6 is 11.3 Å². The molecule has 1 fully saturated rings. The van der Waals surface area contributed by atoms with Gasteiger partial charge in [0.25, 0.3) is 0 Å². The zero-order chi connectivity index (χ0) is 32.2. The zero-order valence-electron chi connectivity index (χ0n) is 26.4. The minimum atomic E-state index is -0.838. The number of halogens is 1. The summed E-state index contributed by atoms with van der Waals surface area (Å²) in [4.78, 5) is 36.4. The maximum absolute atomic E-state index is 14.3. The summed E-state index contributed by atoms with van der Waals surface area (Å²) in [7, 11) is 4.03. The number of aromatic nitrogens is 1. The Morgan fingerprint density at radius 2 is 1.78 bits per heavy atom. The van der Waals surface area contributed by atoms with Gasteiger partial charge in [0.05, 0.1) is 0 Å². The van der Waals surface area contributed by atoms with Crippen LogP contribution in [0.2, 0.25) is 0 Å². The van der Waals surface area contributed by atoms with Crippen LogP contribution in [0.5, 0.6) is 0 Å². The summed E-state index contributed by atoms with van der Waals surface area (Å²) in [6, 6.07) is 23.8. The highest BCUT2D eigenvalue weighted by Gasteiger charge is 2.33. The number of hydrogen-bond acceptors (Lipinski definition) is 4. The van der Waals surface area contributed by atoms with E-state index in [0.29, 0.717) is 13.1 Å². The predicted octanol–water partition coefficient (Wildman–Crippen LogP) is 7.80. The molecule has 0 aliphatic carbocycles. The minimum Gasteiger partial charge on any atom is -0.361 e. The van der Waals surface area contributed by atoms with Crippen LogP contribution in [0.1, 0.15) is 48.3 Å². The number of hydrogen-bond donors (Lipinski definition) is 3. The quantitative estimate of drug-likeness (QED) is 0.154. The zero-order valence-corrected chi connectivity index (χ0v) is 27.2. The minimum absolute atomic E-state index is 0.249. The fourth-order valence-electron chi connectivity index (χ4n) is 6.46. The molecule has 0 saturated carbocycles. The van der Waals surface area contributed by atoms with Gasteiger partial charge < -0.3 is 25.4 Å². The topological polar surface area (TPSA) is 80.5 Å². The van der Waals surface area contributed by atoms with Crippen molar-refractivity contribution in [3.05, 3.63) is 113 Å². The molecule has 0 spiro atoms. The molecule has 7 nitrogen and oxygen atoms in total. The van der Waals surface area contributed by atoms with Gasteiger partial charge in [0.1, 0.15) is 11.9 Å². The molecule has 2 unspecified atom stereocenters. The van der Waals surface area contributed by atoms with E-state index < -0.39 is 6.04 Å². The number of urea groups is 1. The van der Waals surface area contributed by atoms with Crippen LogP contribution in [0.25, 0.3) is 21.3 Å². The van der Waals surface area contributed by atoms with Crippen molar-refractivity contribution < 1.29 is 14.0 Å². The highest BCUT2D eigenvalue weighted by molar-refractivity contribution is 7.13. The Balaban J connectivity index is 1.26. The lowest BCUT2D eigenvalue weighted by Crippen LogP contribution is -2.53. The number of rotatable bonds is 9. The number of likely N-dealkylation sites (tertiary alicyclic amines) is 1. The Morgan fingerprint density at radius 3 is 2.50 bits per heavy atom. The first-order valence-electron chi connectivity index (χ1n) is 15.8. The van der Waals surface area contributed by atoms with E-state index in [1.54, 1.807) is 16.2 Å². The van der Waals surface area contributed by atoms with Crippen LogP contribution in [0.4, 0.5) is 14.9 Å². The molecular weight excluding hydrogens is 598 g/mol. The third kappa shape index (κ3) is 7.00. The Labute approximate surface area is 273 Å². The van der Waals surface area contributed by atoms with Gasteiger partial charge in [-0.05, 0) is 85.3 Å². The van der Waals surface area contributed by atoms with Crippen molar-refractivity contribution in [2.45, 2.75) is 44.2 Å². The van der Waals surface area contributed by atoms with Crippen molar-refractivity contribution in [2.75, 3.05) is 32.5 Å². The van der Waals surface area contributed by atoms with E-state index in [-0.39, 0.29) is 29.6 Å². The van der Waals surface area contributed by atoms with E-state index in [1.165, 1.54) is 12.1 Å². The Kier molecular flexibility index (Phi) is 9.51. The standard InChI is InChI=1S/C37H40FN5O2S/c1-24(31-22-39-32-8-5-4-7-29(31)32)35(41-37(45)43-18-16-27(17-19-43)26-11-13-28(38)14-12-26)36(44)40-33-21-25(23-42(2)3)10-15-30(33)34-9-6-20-46-34/h4-15,20-22,24,27,35,39H,16-19,23H2,1-3H3,(H,40,44)(H,41,45). The summed E-state index contributed by atoms with van der Waals surface area (Å²) in [6.07, 6.45) is 3.48. The van der Waals surface area contributed by atoms with E-state index >= 15 is 0 Å². The summed E-state index contributed by atoms with van der Waals surface area (Å²) in [5, 5.41) is 9.39. The van der Waals surface area contributed by atoms with Gasteiger partial charge >= 0.3 is 6.03 Å². The number of H-pyrrole nitrogens is 1. The van der Waals surface area contributed by atoms with Gasteiger partial charge in [-0.2, -0.15) is 0 Å². The molecule has 238 valence electrons. The van der Waals surface area contributed by atoms with Gasteiger partial charge in [0.15, 0.2) is 0 Å². The molecule has 3 heterocycles. The van der Waals surface area contributed by atoms with Gasteiger partial charge in [-0.1, -0.05) is 55.5 Å². The van der Waals surface area contributed by atoms with Crippen molar-refractivity contribution in [3.63, 3.8) is 0 Å². The summed E-state index contributed by atoms with van der Waals surface area (Å²) in [5.41, 5.74) is 5.77. The second kappa shape index (κ2) is 13.9. The molecular formula is C37H40FN5O2S. The Morgan fingerprint density at radius 1 is 1.02 bits per heavy atom. The van der Waals surface area contributed by atoms with Gasteiger partial charge in [-0.3, -0.25) is 4.79 Å². The largest absolute Gasteiger partial charge is 0.361 e. The fourth-order valence-corrected chi connectivity index (χ4v) is 7.22. The number of carbonyl (C=O) groups is 2. The van der Waals surface area contributed by atoms with E-state index in [1.807, 2.05) is 87.2 Å². The Bertz CT molecular complexity index is 1790. The maximum Gasteiger partial charge on any atom is 0.318 e. The third-order valence-electron chi connectivity index (χ3n) is 8.92. The predicted molar refractivity (Wildman–Crippen MR) is 185 cm³/mol. The summed E-state index contributed by atoms with van der Waals surface area (Å²) >= 11 is 1.62. The lowest BCUT2D eigenvalue weighted by atomic mass is 9.89. The third-order valence-corrected chi connectivity index (χ3v) is 9.83. The van der Waals surface area contributed by atoms with Crippen molar-refractivity contribution in [1.82, 2.24) is 20.1 Å². The highest BCUT2D eigenvalue weighted by Crippen LogP contribution is 2.34. The van der Waals surface area contributed by atoms with Crippen molar-refractivity contribution >= 4 is 39.9 Å². The molecule has 0 bridgehead atoms. The average molecular weight is 638 g/mol. The number of benzene rings is 3. The lowest BCUT2D eigenvalue weighted by molar-refractivity contribution is -0.118. The Hall–Kier alpha value is -4.47. The van der Waals surface area contributed by atoms with Crippen LogP contribution in [-0.2, 0) is 11.3 Å². The number of anilines is 1. The first-order chi connectivity index (χ1) is 22.3. The van der Waals surface area contributed by atoms with E-state index in [4.69, 9.17) is 0 Å². The van der Waals surface area contributed by atoms with Gasteiger partial charge in [0, 0.05) is 58.8 Å². The smallest absolute Gasteiger partial charge is 0.318 e. The molecule has 1 aliphatic heterocycles. The number of fused-ring (bicyclic) bond motifs is 1. The van der Waals surface area contributed by atoms with E-state index in [0.717, 1.165) is 63.1 Å². The van der Waals surface area contributed by atoms with E-state index in [9.17, 15) is 14.0 Å². The van der Waals surface area contributed by atoms with Crippen molar-refractivity contribution in [1.29, 1.82) is 0 Å². The molecule has 9 heteroatoms. The molecule has 3 aromatic carbocycles. The molecule has 3 amide bonds. The van der Waals surface area contributed by atoms with Crippen molar-refractivity contribution in [3.8, 4) is 10.4 Å². The monoisotopic (exact) mass is 637 g/mol. The summed E-state index contributed by atoms with van der Waals surface area (Å²) in [5.74, 6) is -0.584. The maximum atomic E-state index is 14.3. The number of carbonyl (C=O) groups excluding carboxylic acids is 2. The molecule has 1 aliphatic rings. The summed E-state index contributed by atoms with van der Waals surface area (Å²) in [6.45, 7) is 3.83. The number of aromatic amines is 1. The molecule has 5 aromatic rings. The fraction of sp³-hybridized carbons (Fsp3) is 0.297. The average Bonchev–Trinajstić information content (AvgIpc) is 3.74. The molecule has 2 aromatic heterocycles. The van der Waals surface area contributed by atoms with Crippen molar-refractivity contribution in [2.24, 2.45) is 0 Å². The second-order valence-corrected chi connectivity index (χ2v) is 13.4.